The van der Waals surface area contributed by atoms with Crippen LogP contribution in [0.5, 0.6) is 11.5 Å². The number of aliphatic hydroxyl groups excluding tert-OH is 1. The van der Waals surface area contributed by atoms with Gasteiger partial charge in [0.15, 0.2) is 12.1 Å². The zero-order valence-electron chi connectivity index (χ0n) is 19.0. The van der Waals surface area contributed by atoms with Crippen molar-refractivity contribution in [2.45, 2.75) is 25.3 Å². The first-order valence-electron chi connectivity index (χ1n) is 10.9. The van der Waals surface area contributed by atoms with Crippen molar-refractivity contribution in [1.82, 2.24) is 15.0 Å². The Labute approximate surface area is 213 Å². The number of aliphatic hydroxyl groups is 2. The van der Waals surface area contributed by atoms with E-state index >= 15 is 0 Å². The second kappa shape index (κ2) is 11.0. The highest BCUT2D eigenvalue weighted by molar-refractivity contribution is 6.31. The molecule has 8 nitrogen and oxygen atoms in total. The van der Waals surface area contributed by atoms with Gasteiger partial charge in [-0.2, -0.15) is 13.2 Å². The summed E-state index contributed by atoms with van der Waals surface area (Å²) in [6.07, 6.45) is -3.05. The second-order valence-corrected chi connectivity index (χ2v) is 8.33. The van der Waals surface area contributed by atoms with Crippen LogP contribution in [0.15, 0.2) is 67.0 Å². The molecular weight excluding hydrogens is 513 g/mol. The van der Waals surface area contributed by atoms with E-state index in [0.717, 1.165) is 17.7 Å². The molecule has 2 heterocycles. The lowest BCUT2D eigenvalue weighted by Crippen LogP contribution is -2.13. The van der Waals surface area contributed by atoms with E-state index in [-0.39, 0.29) is 17.8 Å². The number of amides is 1. The summed E-state index contributed by atoms with van der Waals surface area (Å²) < 4.78 is 44.8. The van der Waals surface area contributed by atoms with Crippen molar-refractivity contribution in [2.24, 2.45) is 0 Å². The minimum Gasteiger partial charge on any atom is -0.457 e. The van der Waals surface area contributed by atoms with Crippen molar-refractivity contribution in [1.29, 1.82) is 0 Å². The summed E-state index contributed by atoms with van der Waals surface area (Å²) in [5, 5.41) is 20.4. The van der Waals surface area contributed by atoms with Gasteiger partial charge >= 0.3 is 6.18 Å². The minimum absolute atomic E-state index is 0.0144. The van der Waals surface area contributed by atoms with E-state index in [9.17, 15) is 28.2 Å². The lowest BCUT2D eigenvalue weighted by atomic mass is 10.1. The minimum atomic E-state index is -4.62. The molecule has 0 unspecified atom stereocenters. The molecule has 1 amide bonds. The van der Waals surface area contributed by atoms with E-state index in [0.29, 0.717) is 29.4 Å². The normalized spacial score (nSPS) is 11.5. The number of rotatable bonds is 8. The number of nitrogens with zero attached hydrogens (tertiary/aromatic N) is 2. The summed E-state index contributed by atoms with van der Waals surface area (Å²) in [5.74, 6) is 0.906. The summed E-state index contributed by atoms with van der Waals surface area (Å²) in [5.41, 5.74) is 0.402. The fraction of sp³-hybridized carbons (Fsp3) is 0.160. The fourth-order valence-corrected chi connectivity index (χ4v) is 3.59. The Morgan fingerprint density at radius 1 is 1.05 bits per heavy atom. The van der Waals surface area contributed by atoms with Gasteiger partial charge in [-0.25, -0.2) is 4.98 Å². The largest absolute Gasteiger partial charge is 0.457 e. The summed E-state index contributed by atoms with van der Waals surface area (Å²) in [6, 6.07) is 13.5. The number of aromatic nitrogens is 3. The molecule has 0 saturated carbocycles. The van der Waals surface area contributed by atoms with Gasteiger partial charge in [0.1, 0.15) is 17.2 Å². The van der Waals surface area contributed by atoms with Gasteiger partial charge in [-0.3, -0.25) is 9.78 Å². The van der Waals surface area contributed by atoms with Crippen LogP contribution in [0.2, 0.25) is 5.02 Å². The molecule has 0 fully saturated rings. The molecule has 0 saturated heterocycles. The summed E-state index contributed by atoms with van der Waals surface area (Å²) in [4.78, 5) is 23.3. The van der Waals surface area contributed by atoms with Crippen LogP contribution >= 0.6 is 11.6 Å². The van der Waals surface area contributed by atoms with E-state index in [1.165, 1.54) is 18.5 Å². The third kappa shape index (κ3) is 6.85. The number of carbonyl (C=O) groups excluding carboxylic acids is 1. The zero-order valence-corrected chi connectivity index (χ0v) is 19.7. The number of nitrogens with one attached hydrogen (secondary N) is 2. The smallest absolute Gasteiger partial charge is 0.417 e. The quantitative estimate of drug-likeness (QED) is 0.223. The molecule has 4 N–H and O–H groups in total. The molecule has 4 rings (SSSR count). The van der Waals surface area contributed by atoms with Crippen molar-refractivity contribution >= 4 is 23.2 Å². The van der Waals surface area contributed by atoms with Gasteiger partial charge in [-0.1, -0.05) is 23.7 Å². The summed E-state index contributed by atoms with van der Waals surface area (Å²) in [6.45, 7) is 0. The molecule has 2 aromatic heterocycles. The number of H-pyrrole nitrogens is 1. The molecule has 0 radical (unpaired) electrons. The van der Waals surface area contributed by atoms with E-state index < -0.39 is 29.0 Å². The van der Waals surface area contributed by atoms with Gasteiger partial charge in [0, 0.05) is 24.4 Å². The van der Waals surface area contributed by atoms with Crippen molar-refractivity contribution in [2.75, 3.05) is 5.32 Å². The molecule has 192 valence electrons. The highest BCUT2D eigenvalue weighted by atomic mass is 35.5. The number of benzene rings is 2. The lowest BCUT2D eigenvalue weighted by Gasteiger charge is -2.12. The van der Waals surface area contributed by atoms with Crippen LogP contribution in [0.25, 0.3) is 11.5 Å². The Bertz CT molecular complexity index is 1390. The Kier molecular flexibility index (Phi) is 7.77. The maximum atomic E-state index is 13.0. The van der Waals surface area contributed by atoms with Gasteiger partial charge in [0.25, 0.3) is 0 Å². The molecule has 2 aromatic carbocycles. The number of hydrogen-bond donors (Lipinski definition) is 4. The number of aromatic amines is 1. The van der Waals surface area contributed by atoms with E-state index in [1.807, 2.05) is 0 Å². The maximum Gasteiger partial charge on any atom is 0.417 e. The van der Waals surface area contributed by atoms with Crippen LogP contribution in [0.3, 0.4) is 0 Å². The van der Waals surface area contributed by atoms with Crippen LogP contribution in [0.4, 0.5) is 18.9 Å². The van der Waals surface area contributed by atoms with E-state index in [4.69, 9.17) is 16.3 Å². The van der Waals surface area contributed by atoms with Crippen molar-refractivity contribution in [3.8, 4) is 23.0 Å². The number of hydrogen-bond acceptors (Lipinski definition) is 6. The van der Waals surface area contributed by atoms with Crippen LogP contribution in [-0.2, 0) is 17.4 Å². The number of ether oxygens (including phenoxy) is 1. The number of aryl methyl sites for hydroxylation is 1. The number of halogens is 4. The standard InChI is InChI=1S/C25H20ClF3N4O4/c26-19-7-4-15(11-18(19)25(27,28)29)32-22(34)8-3-14-1-5-16(6-2-14)37-17-9-10-30-20(12-17)23-31-13-21(33-23)24(35)36/h1-2,4-7,9-13,24,35-36H,3,8H2,(H,31,33)(H,32,34). The number of anilines is 1. The third-order valence-electron chi connectivity index (χ3n) is 5.20. The summed E-state index contributed by atoms with van der Waals surface area (Å²) >= 11 is 5.60. The Morgan fingerprint density at radius 3 is 2.49 bits per heavy atom. The van der Waals surface area contributed by atoms with Crippen LogP contribution in [0.1, 0.15) is 29.5 Å². The van der Waals surface area contributed by atoms with E-state index in [1.54, 1.807) is 36.4 Å². The maximum absolute atomic E-state index is 13.0. The molecule has 0 aliphatic heterocycles. The molecule has 0 bridgehead atoms. The van der Waals surface area contributed by atoms with Gasteiger partial charge < -0.3 is 25.3 Å². The topological polar surface area (TPSA) is 120 Å². The number of pyridine rings is 1. The summed E-state index contributed by atoms with van der Waals surface area (Å²) in [7, 11) is 0. The molecule has 37 heavy (non-hydrogen) atoms. The average molecular weight is 533 g/mol. The van der Waals surface area contributed by atoms with Crippen molar-refractivity contribution < 1.29 is 32.9 Å². The third-order valence-corrected chi connectivity index (χ3v) is 5.53. The van der Waals surface area contributed by atoms with Crippen LogP contribution in [0, 0.1) is 0 Å². The van der Waals surface area contributed by atoms with Crippen LogP contribution < -0.4 is 10.1 Å². The van der Waals surface area contributed by atoms with Crippen molar-refractivity contribution in [3.63, 3.8) is 0 Å². The Balaban J connectivity index is 1.33. The lowest BCUT2D eigenvalue weighted by molar-refractivity contribution is -0.137. The highest BCUT2D eigenvalue weighted by Gasteiger charge is 2.33. The highest BCUT2D eigenvalue weighted by Crippen LogP contribution is 2.36. The molecular formula is C25H20ClF3N4O4. The zero-order chi connectivity index (χ0) is 26.6. The predicted octanol–water partition coefficient (Wildman–Crippen LogP) is 5.49. The monoisotopic (exact) mass is 532 g/mol. The van der Waals surface area contributed by atoms with Gasteiger partial charge in [0.05, 0.1) is 22.5 Å². The fourth-order valence-electron chi connectivity index (χ4n) is 3.36. The number of alkyl halides is 3. The van der Waals surface area contributed by atoms with Gasteiger partial charge in [0.2, 0.25) is 5.91 Å². The SMILES string of the molecule is O=C(CCc1ccc(Oc2ccnc(-c3ncc(C(O)O)[nH]3)c2)cc1)Nc1ccc(Cl)c(C(F)(F)F)c1. The average Bonchev–Trinajstić information content (AvgIpc) is 3.35. The van der Waals surface area contributed by atoms with Gasteiger partial charge in [-0.15, -0.1) is 0 Å². The molecule has 4 aromatic rings. The number of carbonyl (C=O) groups is 1. The van der Waals surface area contributed by atoms with Crippen molar-refractivity contribution in [3.05, 3.63) is 88.8 Å². The molecule has 0 aliphatic carbocycles. The first kappa shape index (κ1) is 26.1. The molecule has 0 spiro atoms. The predicted molar refractivity (Wildman–Crippen MR) is 129 cm³/mol. The first-order chi connectivity index (χ1) is 17.6. The second-order valence-electron chi connectivity index (χ2n) is 7.92. The first-order valence-corrected chi connectivity index (χ1v) is 11.3. The van der Waals surface area contributed by atoms with Crippen LogP contribution in [-0.4, -0.2) is 31.1 Å². The Morgan fingerprint density at radius 2 is 1.81 bits per heavy atom. The Hall–Kier alpha value is -3.93. The molecule has 0 atom stereocenters. The van der Waals surface area contributed by atoms with Gasteiger partial charge in [-0.05, 0) is 48.4 Å². The molecule has 12 heteroatoms. The van der Waals surface area contributed by atoms with E-state index in [2.05, 4.69) is 20.3 Å². The molecule has 0 aliphatic rings. The number of imidazole rings is 1.